The van der Waals surface area contributed by atoms with Crippen LogP contribution >= 0.6 is 0 Å². The van der Waals surface area contributed by atoms with Gasteiger partial charge in [0.15, 0.2) is 11.2 Å². The summed E-state index contributed by atoms with van der Waals surface area (Å²) in [7, 11) is 0. The molecule has 3 heterocycles. The maximum Gasteiger partial charge on any atom is 0.216 e. The first-order chi connectivity index (χ1) is 11.8. The second kappa shape index (κ2) is 6.07. The summed E-state index contributed by atoms with van der Waals surface area (Å²) in [5.41, 5.74) is 3.46. The smallest absolute Gasteiger partial charge is 0.216 e. The highest BCUT2D eigenvalue weighted by Gasteiger charge is 2.25. The Kier molecular flexibility index (Phi) is 3.76. The SMILES string of the molecule is CCCCc1cnc2c(n1)c(=O)c1c(n2-c2ccccc2)OCC1. The van der Waals surface area contributed by atoms with Crippen molar-refractivity contribution in [1.82, 2.24) is 14.5 Å². The zero-order valence-corrected chi connectivity index (χ0v) is 13.7. The van der Waals surface area contributed by atoms with E-state index in [0.717, 1.165) is 30.6 Å². The fourth-order valence-corrected chi connectivity index (χ4v) is 3.12. The van der Waals surface area contributed by atoms with Crippen molar-refractivity contribution in [2.24, 2.45) is 0 Å². The van der Waals surface area contributed by atoms with E-state index in [9.17, 15) is 4.79 Å². The fraction of sp³-hybridized carbons (Fsp3) is 0.316. The summed E-state index contributed by atoms with van der Waals surface area (Å²) in [4.78, 5) is 22.0. The van der Waals surface area contributed by atoms with E-state index in [4.69, 9.17) is 4.74 Å². The number of aromatic nitrogens is 3. The molecule has 0 fully saturated rings. The summed E-state index contributed by atoms with van der Waals surface area (Å²) < 4.78 is 7.68. The zero-order valence-electron chi connectivity index (χ0n) is 13.7. The van der Waals surface area contributed by atoms with Gasteiger partial charge in [-0.15, -0.1) is 0 Å². The van der Waals surface area contributed by atoms with Gasteiger partial charge in [-0.3, -0.25) is 9.36 Å². The molecule has 2 aromatic heterocycles. The van der Waals surface area contributed by atoms with Gasteiger partial charge < -0.3 is 4.74 Å². The number of aryl methyl sites for hydroxylation is 1. The number of hydrogen-bond acceptors (Lipinski definition) is 4. The maximum atomic E-state index is 12.8. The lowest BCUT2D eigenvalue weighted by atomic mass is 10.1. The van der Waals surface area contributed by atoms with Gasteiger partial charge in [-0.1, -0.05) is 31.5 Å². The van der Waals surface area contributed by atoms with E-state index in [0.29, 0.717) is 35.6 Å². The van der Waals surface area contributed by atoms with E-state index >= 15 is 0 Å². The molecule has 122 valence electrons. The van der Waals surface area contributed by atoms with Gasteiger partial charge in [-0.2, -0.15) is 0 Å². The summed E-state index contributed by atoms with van der Waals surface area (Å²) in [5.74, 6) is 0.606. The normalized spacial score (nSPS) is 13.0. The molecule has 0 aliphatic carbocycles. The second-order valence-corrected chi connectivity index (χ2v) is 6.02. The number of hydrogen-bond donors (Lipinski definition) is 0. The lowest BCUT2D eigenvalue weighted by Crippen LogP contribution is -2.16. The third-order valence-electron chi connectivity index (χ3n) is 4.36. The molecule has 5 heteroatoms. The van der Waals surface area contributed by atoms with Gasteiger partial charge >= 0.3 is 0 Å². The summed E-state index contributed by atoms with van der Waals surface area (Å²) in [6.07, 6.45) is 5.38. The van der Waals surface area contributed by atoms with Gasteiger partial charge in [-0.05, 0) is 25.0 Å². The van der Waals surface area contributed by atoms with Crippen molar-refractivity contribution >= 4 is 11.2 Å². The molecule has 1 aliphatic rings. The Balaban J connectivity index is 2.01. The minimum absolute atomic E-state index is 0.0458. The number of rotatable bonds is 4. The van der Waals surface area contributed by atoms with Crippen LogP contribution in [-0.2, 0) is 12.8 Å². The molecule has 24 heavy (non-hydrogen) atoms. The molecule has 1 aromatic carbocycles. The third kappa shape index (κ3) is 2.37. The Morgan fingerprint density at radius 2 is 2.08 bits per heavy atom. The number of fused-ring (bicyclic) bond motifs is 2. The van der Waals surface area contributed by atoms with Gasteiger partial charge in [0.25, 0.3) is 0 Å². The largest absolute Gasteiger partial charge is 0.478 e. The van der Waals surface area contributed by atoms with Gasteiger partial charge in [0.2, 0.25) is 11.3 Å². The monoisotopic (exact) mass is 321 g/mol. The number of pyridine rings is 1. The molecular weight excluding hydrogens is 302 g/mol. The van der Waals surface area contributed by atoms with E-state index in [-0.39, 0.29) is 5.43 Å². The Labute approximate surface area is 139 Å². The van der Waals surface area contributed by atoms with Crippen molar-refractivity contribution in [2.45, 2.75) is 32.6 Å². The molecule has 4 rings (SSSR count). The average molecular weight is 321 g/mol. The van der Waals surface area contributed by atoms with Crippen molar-refractivity contribution in [3.8, 4) is 11.6 Å². The number of unbranched alkanes of at least 4 members (excludes halogenated alkanes) is 1. The molecule has 0 amide bonds. The second-order valence-electron chi connectivity index (χ2n) is 6.02. The summed E-state index contributed by atoms with van der Waals surface area (Å²) in [6, 6.07) is 9.86. The highest BCUT2D eigenvalue weighted by Crippen LogP contribution is 2.29. The number of ether oxygens (including phenoxy) is 1. The summed E-state index contributed by atoms with van der Waals surface area (Å²) >= 11 is 0. The predicted octanol–water partition coefficient (Wildman–Crippen LogP) is 3.06. The van der Waals surface area contributed by atoms with E-state index in [1.165, 1.54) is 0 Å². The van der Waals surface area contributed by atoms with Crippen LogP contribution in [0.25, 0.3) is 16.9 Å². The number of benzene rings is 1. The highest BCUT2D eigenvalue weighted by molar-refractivity contribution is 5.75. The first-order valence-corrected chi connectivity index (χ1v) is 8.41. The van der Waals surface area contributed by atoms with Gasteiger partial charge in [0, 0.05) is 6.42 Å². The first kappa shape index (κ1) is 14.9. The molecule has 5 nitrogen and oxygen atoms in total. The van der Waals surface area contributed by atoms with Crippen LogP contribution < -0.4 is 10.2 Å². The quantitative estimate of drug-likeness (QED) is 0.741. The minimum Gasteiger partial charge on any atom is -0.478 e. The minimum atomic E-state index is -0.0458. The van der Waals surface area contributed by atoms with Crippen LogP contribution in [-0.4, -0.2) is 21.1 Å². The Morgan fingerprint density at radius 1 is 1.25 bits per heavy atom. The Hall–Kier alpha value is -2.69. The van der Waals surface area contributed by atoms with E-state index in [1.54, 1.807) is 6.20 Å². The third-order valence-corrected chi connectivity index (χ3v) is 4.36. The maximum absolute atomic E-state index is 12.8. The Bertz CT molecular complexity index is 948. The summed E-state index contributed by atoms with van der Waals surface area (Å²) in [5, 5.41) is 0. The fourth-order valence-electron chi connectivity index (χ4n) is 3.12. The Morgan fingerprint density at radius 3 is 2.88 bits per heavy atom. The van der Waals surface area contributed by atoms with Crippen LogP contribution in [0.15, 0.2) is 41.3 Å². The molecular formula is C19H19N3O2. The van der Waals surface area contributed by atoms with Crippen LogP contribution in [0, 0.1) is 0 Å². The zero-order chi connectivity index (χ0) is 16.5. The lowest BCUT2D eigenvalue weighted by Gasteiger charge is -2.15. The van der Waals surface area contributed by atoms with Crippen molar-refractivity contribution < 1.29 is 4.74 Å². The first-order valence-electron chi connectivity index (χ1n) is 8.41. The lowest BCUT2D eigenvalue weighted by molar-refractivity contribution is 0.338. The van der Waals surface area contributed by atoms with Gasteiger partial charge in [0.05, 0.1) is 29.7 Å². The molecule has 0 N–H and O–H groups in total. The van der Waals surface area contributed by atoms with E-state index < -0.39 is 0 Å². The standard InChI is InChI=1S/C19H19N3O2/c1-2-3-7-13-12-20-18-16(21-13)17(23)15-10-11-24-19(15)22(18)14-8-5-4-6-9-14/h4-6,8-9,12H,2-3,7,10-11H2,1H3. The summed E-state index contributed by atoms with van der Waals surface area (Å²) in [6.45, 7) is 2.66. The molecule has 0 atom stereocenters. The highest BCUT2D eigenvalue weighted by atomic mass is 16.5. The average Bonchev–Trinajstić information content (AvgIpc) is 3.11. The van der Waals surface area contributed by atoms with Crippen LogP contribution in [0.4, 0.5) is 0 Å². The van der Waals surface area contributed by atoms with Gasteiger partial charge in [0.1, 0.15) is 0 Å². The molecule has 0 radical (unpaired) electrons. The number of para-hydroxylation sites is 1. The van der Waals surface area contributed by atoms with E-state index in [1.807, 2.05) is 34.9 Å². The van der Waals surface area contributed by atoms with Crippen LogP contribution in [0.1, 0.15) is 31.0 Å². The molecule has 0 unspecified atom stereocenters. The molecule has 0 saturated heterocycles. The van der Waals surface area contributed by atoms with Crippen molar-refractivity contribution in [2.75, 3.05) is 6.61 Å². The molecule has 0 spiro atoms. The molecule has 1 aliphatic heterocycles. The molecule has 3 aromatic rings. The van der Waals surface area contributed by atoms with Crippen molar-refractivity contribution in [3.05, 3.63) is 58.0 Å². The predicted molar refractivity (Wildman–Crippen MR) is 92.9 cm³/mol. The van der Waals surface area contributed by atoms with Gasteiger partial charge in [-0.25, -0.2) is 9.97 Å². The van der Waals surface area contributed by atoms with E-state index in [2.05, 4.69) is 16.9 Å². The van der Waals surface area contributed by atoms with Crippen LogP contribution in [0.2, 0.25) is 0 Å². The van der Waals surface area contributed by atoms with Crippen LogP contribution in [0.3, 0.4) is 0 Å². The topological polar surface area (TPSA) is 57.0 Å². The number of nitrogens with zero attached hydrogens (tertiary/aromatic N) is 3. The van der Waals surface area contributed by atoms with Crippen molar-refractivity contribution in [1.29, 1.82) is 0 Å². The molecule has 0 bridgehead atoms. The van der Waals surface area contributed by atoms with Crippen LogP contribution in [0.5, 0.6) is 5.88 Å². The van der Waals surface area contributed by atoms with Crippen molar-refractivity contribution in [3.63, 3.8) is 0 Å². The molecule has 0 saturated carbocycles.